The highest BCUT2D eigenvalue weighted by molar-refractivity contribution is 9.10. The van der Waals surface area contributed by atoms with Gasteiger partial charge in [0.1, 0.15) is 5.75 Å². The van der Waals surface area contributed by atoms with E-state index < -0.39 is 0 Å². The fraction of sp³-hybridized carbons (Fsp3) is 0.250. The van der Waals surface area contributed by atoms with Crippen LogP contribution in [0.2, 0.25) is 0 Å². The molecule has 0 saturated heterocycles. The quantitative estimate of drug-likeness (QED) is 0.605. The number of aromatic nitrogens is 1. The number of halogens is 1. The van der Waals surface area contributed by atoms with E-state index in [-0.39, 0.29) is 5.56 Å². The van der Waals surface area contributed by atoms with Gasteiger partial charge in [-0.05, 0) is 34.5 Å². The second kappa shape index (κ2) is 5.49. The molecule has 0 spiro atoms. The summed E-state index contributed by atoms with van der Waals surface area (Å²) >= 11 is 3.54. The van der Waals surface area contributed by atoms with Crippen LogP contribution < -0.4 is 10.3 Å². The van der Waals surface area contributed by atoms with Gasteiger partial charge in [-0.25, -0.2) is 0 Å². The van der Waals surface area contributed by atoms with Crippen LogP contribution in [0.4, 0.5) is 0 Å². The van der Waals surface area contributed by atoms with Crippen LogP contribution in [0.15, 0.2) is 45.7 Å². The Bertz CT molecular complexity index is 1020. The molecule has 1 aliphatic heterocycles. The average molecular weight is 384 g/mol. The highest BCUT2D eigenvalue weighted by atomic mass is 79.9. The van der Waals surface area contributed by atoms with Crippen molar-refractivity contribution in [2.24, 2.45) is 7.05 Å². The third-order valence-corrected chi connectivity index (χ3v) is 5.64. The lowest BCUT2D eigenvalue weighted by Crippen LogP contribution is -2.19. The molecule has 0 radical (unpaired) electrons. The number of pyridine rings is 1. The first kappa shape index (κ1) is 15.5. The number of rotatable bonds is 1. The molecule has 2 heterocycles. The van der Waals surface area contributed by atoms with Crippen molar-refractivity contribution in [1.82, 2.24) is 4.57 Å². The Labute approximate surface area is 149 Å². The number of fused-ring (bicyclic) bond motifs is 2. The van der Waals surface area contributed by atoms with Crippen molar-refractivity contribution >= 4 is 26.8 Å². The molecule has 24 heavy (non-hydrogen) atoms. The molecule has 0 saturated carbocycles. The number of aryl methyl sites for hydroxylation is 2. The molecule has 1 unspecified atom stereocenters. The molecule has 122 valence electrons. The Morgan fingerprint density at radius 1 is 1.25 bits per heavy atom. The Balaban J connectivity index is 2.23. The van der Waals surface area contributed by atoms with E-state index in [4.69, 9.17) is 4.74 Å². The maximum atomic E-state index is 12.8. The SMILES string of the molecule is Cc1c2c(cc3c(-c4ccccc4)c(Br)c(=O)n(C)c13)C(C)CO2. The Kier molecular flexibility index (Phi) is 3.53. The van der Waals surface area contributed by atoms with Crippen LogP contribution in [-0.2, 0) is 7.05 Å². The molecule has 4 rings (SSSR count). The highest BCUT2D eigenvalue weighted by Gasteiger charge is 2.26. The zero-order valence-electron chi connectivity index (χ0n) is 13.9. The number of hydrogen-bond donors (Lipinski definition) is 0. The molecule has 0 fully saturated rings. The third-order valence-electron chi connectivity index (χ3n) is 4.90. The second-order valence-electron chi connectivity index (χ2n) is 6.45. The summed E-state index contributed by atoms with van der Waals surface area (Å²) in [5.74, 6) is 1.30. The van der Waals surface area contributed by atoms with Crippen LogP contribution in [0.3, 0.4) is 0 Å². The van der Waals surface area contributed by atoms with Crippen molar-refractivity contribution in [1.29, 1.82) is 0 Å². The van der Waals surface area contributed by atoms with E-state index in [1.165, 1.54) is 5.56 Å². The minimum absolute atomic E-state index is 0.0320. The smallest absolute Gasteiger partial charge is 0.265 e. The van der Waals surface area contributed by atoms with Gasteiger partial charge in [0.05, 0.1) is 16.6 Å². The van der Waals surface area contributed by atoms with Gasteiger partial charge in [0.2, 0.25) is 0 Å². The van der Waals surface area contributed by atoms with E-state index in [1.807, 2.05) is 44.3 Å². The van der Waals surface area contributed by atoms with E-state index >= 15 is 0 Å². The number of hydrogen-bond acceptors (Lipinski definition) is 2. The third kappa shape index (κ3) is 2.06. The van der Waals surface area contributed by atoms with Gasteiger partial charge < -0.3 is 9.30 Å². The van der Waals surface area contributed by atoms with Crippen LogP contribution in [0, 0.1) is 6.92 Å². The van der Waals surface area contributed by atoms with Crippen LogP contribution in [0.1, 0.15) is 24.0 Å². The molecule has 3 aromatic rings. The molecule has 0 N–H and O–H groups in total. The molecule has 1 aromatic heterocycles. The van der Waals surface area contributed by atoms with Crippen molar-refractivity contribution in [3.8, 4) is 16.9 Å². The Hall–Kier alpha value is -2.07. The molecule has 3 nitrogen and oxygen atoms in total. The summed E-state index contributed by atoms with van der Waals surface area (Å²) in [7, 11) is 1.82. The largest absolute Gasteiger partial charge is 0.492 e. The summed E-state index contributed by atoms with van der Waals surface area (Å²) in [5, 5.41) is 1.09. The van der Waals surface area contributed by atoms with E-state index in [1.54, 1.807) is 4.57 Å². The topological polar surface area (TPSA) is 31.2 Å². The Morgan fingerprint density at radius 2 is 1.96 bits per heavy atom. The number of benzene rings is 2. The first-order chi connectivity index (χ1) is 11.5. The molecule has 1 atom stereocenters. The summed E-state index contributed by atoms with van der Waals surface area (Å²) in [6, 6.07) is 12.3. The summed E-state index contributed by atoms with van der Waals surface area (Å²) < 4.78 is 8.22. The van der Waals surface area contributed by atoms with Crippen LogP contribution >= 0.6 is 15.9 Å². The van der Waals surface area contributed by atoms with E-state index in [0.717, 1.165) is 33.3 Å². The lowest BCUT2D eigenvalue weighted by atomic mass is 9.93. The standard InChI is InChI=1S/C20H18BrNO2/c1-11-10-24-19-12(2)18-15(9-14(11)19)16(13-7-5-4-6-8-13)17(21)20(23)22(18)3/h4-9,11H,10H2,1-3H3. The zero-order valence-corrected chi connectivity index (χ0v) is 15.5. The maximum absolute atomic E-state index is 12.8. The summed E-state index contributed by atoms with van der Waals surface area (Å²) in [4.78, 5) is 12.8. The van der Waals surface area contributed by atoms with Gasteiger partial charge in [-0.2, -0.15) is 0 Å². The lowest BCUT2D eigenvalue weighted by molar-refractivity contribution is 0.336. The van der Waals surface area contributed by atoms with Gasteiger partial charge in [-0.15, -0.1) is 0 Å². The maximum Gasteiger partial charge on any atom is 0.265 e. The summed E-state index contributed by atoms with van der Waals surface area (Å²) in [6.45, 7) is 4.92. The molecule has 0 amide bonds. The highest BCUT2D eigenvalue weighted by Crippen LogP contribution is 2.43. The minimum Gasteiger partial charge on any atom is -0.492 e. The monoisotopic (exact) mass is 383 g/mol. The average Bonchev–Trinajstić information content (AvgIpc) is 2.95. The van der Waals surface area contributed by atoms with Crippen molar-refractivity contribution in [3.63, 3.8) is 0 Å². The van der Waals surface area contributed by atoms with E-state index in [9.17, 15) is 4.79 Å². The Morgan fingerprint density at radius 3 is 2.67 bits per heavy atom. The lowest BCUT2D eigenvalue weighted by Gasteiger charge is -2.17. The molecule has 4 heteroatoms. The number of nitrogens with zero attached hydrogens (tertiary/aromatic N) is 1. The van der Waals surface area contributed by atoms with Crippen molar-refractivity contribution < 1.29 is 4.74 Å². The molecular formula is C20H18BrNO2. The first-order valence-electron chi connectivity index (χ1n) is 8.04. The predicted octanol–water partition coefficient (Wildman–Crippen LogP) is 4.77. The van der Waals surface area contributed by atoms with Crippen LogP contribution in [0.25, 0.3) is 22.0 Å². The van der Waals surface area contributed by atoms with Gasteiger partial charge in [0, 0.05) is 35.0 Å². The minimum atomic E-state index is -0.0320. The van der Waals surface area contributed by atoms with Gasteiger partial charge in [0.25, 0.3) is 5.56 Å². The normalized spacial score (nSPS) is 16.2. The molecule has 0 bridgehead atoms. The molecule has 1 aliphatic rings. The summed E-state index contributed by atoms with van der Waals surface area (Å²) in [5.41, 5.74) is 5.17. The van der Waals surface area contributed by atoms with Gasteiger partial charge >= 0.3 is 0 Å². The van der Waals surface area contributed by atoms with Crippen LogP contribution in [0.5, 0.6) is 5.75 Å². The van der Waals surface area contributed by atoms with Crippen molar-refractivity contribution in [2.45, 2.75) is 19.8 Å². The van der Waals surface area contributed by atoms with Crippen molar-refractivity contribution in [2.75, 3.05) is 6.61 Å². The van der Waals surface area contributed by atoms with E-state index in [0.29, 0.717) is 17.0 Å². The zero-order chi connectivity index (χ0) is 17.0. The number of ether oxygens (including phenoxy) is 1. The predicted molar refractivity (Wildman–Crippen MR) is 101 cm³/mol. The van der Waals surface area contributed by atoms with Gasteiger partial charge in [0.15, 0.2) is 0 Å². The van der Waals surface area contributed by atoms with Crippen LogP contribution in [-0.4, -0.2) is 11.2 Å². The first-order valence-corrected chi connectivity index (χ1v) is 8.84. The van der Waals surface area contributed by atoms with Gasteiger partial charge in [-0.1, -0.05) is 37.3 Å². The second-order valence-corrected chi connectivity index (χ2v) is 7.24. The fourth-order valence-electron chi connectivity index (χ4n) is 3.66. The summed E-state index contributed by atoms with van der Waals surface area (Å²) in [6.07, 6.45) is 0. The van der Waals surface area contributed by atoms with Crippen molar-refractivity contribution in [3.05, 3.63) is 62.4 Å². The molecule has 2 aromatic carbocycles. The molecular weight excluding hydrogens is 366 g/mol. The van der Waals surface area contributed by atoms with E-state index in [2.05, 4.69) is 28.9 Å². The molecule has 0 aliphatic carbocycles. The fourth-order valence-corrected chi connectivity index (χ4v) is 4.36. The van der Waals surface area contributed by atoms with Gasteiger partial charge in [-0.3, -0.25) is 4.79 Å².